The van der Waals surface area contributed by atoms with E-state index in [0.29, 0.717) is 63.6 Å². The van der Waals surface area contributed by atoms with Gasteiger partial charge in [-0.1, -0.05) is 85.5 Å². The molecule has 2 N–H and O–H groups in total. The Morgan fingerprint density at radius 2 is 1.73 bits per heavy atom. The first-order chi connectivity index (χ1) is 26.2. The fraction of sp³-hybridized carbons (Fsp3) is 0.452. The third kappa shape index (κ3) is 10.4. The minimum atomic E-state index is -0.968. The second-order valence-electron chi connectivity index (χ2n) is 15.1. The van der Waals surface area contributed by atoms with Crippen LogP contribution in [0.4, 0.5) is 4.79 Å². The number of nitrogens with zero attached hydrogens (tertiary/aromatic N) is 2. The Kier molecular flexibility index (Phi) is 14.6. The third-order valence-corrected chi connectivity index (χ3v) is 11.4. The zero-order valence-electron chi connectivity index (χ0n) is 32.2. The molecule has 1 aliphatic heterocycles. The van der Waals surface area contributed by atoms with Gasteiger partial charge in [0.25, 0.3) is 0 Å². The van der Waals surface area contributed by atoms with E-state index in [2.05, 4.69) is 48.1 Å². The van der Waals surface area contributed by atoms with Crippen molar-refractivity contribution in [1.82, 2.24) is 15.4 Å². The highest BCUT2D eigenvalue weighted by Gasteiger charge is 2.49. The van der Waals surface area contributed by atoms with Gasteiger partial charge in [0.1, 0.15) is 24.7 Å². The van der Waals surface area contributed by atoms with Crippen molar-refractivity contribution in [2.45, 2.75) is 77.7 Å². The van der Waals surface area contributed by atoms with E-state index in [-0.39, 0.29) is 36.9 Å². The molecule has 1 saturated heterocycles. The van der Waals surface area contributed by atoms with Crippen molar-refractivity contribution in [3.05, 3.63) is 97.6 Å². The lowest BCUT2D eigenvalue weighted by molar-refractivity contribution is -0.119. The third-order valence-electron chi connectivity index (χ3n) is 10.1. The Morgan fingerprint density at radius 3 is 2.36 bits per heavy atom. The number of likely N-dealkylation sites (tertiary alicyclic amines) is 1. The SMILES string of the molecule is COCCCC(CNC(C)=O)c1ccccc1-c1onc([C@H]2C(C(C)(C)C)N(C(=O)O)CC[C@@H]2c2ccc(OCCOc3c(Cl)cc(C)cc3Cl)cc2)c1Br. The van der Waals surface area contributed by atoms with Crippen LogP contribution in [0.5, 0.6) is 11.5 Å². The van der Waals surface area contributed by atoms with Crippen molar-refractivity contribution in [3.63, 3.8) is 0 Å². The number of aryl methyl sites for hydroxylation is 1. The van der Waals surface area contributed by atoms with Crippen LogP contribution in [0.1, 0.15) is 87.1 Å². The van der Waals surface area contributed by atoms with Crippen LogP contribution in [-0.4, -0.2) is 73.2 Å². The number of carbonyl (C=O) groups is 2. The summed E-state index contributed by atoms with van der Waals surface area (Å²) in [5.41, 5.74) is 4.06. The van der Waals surface area contributed by atoms with Crippen LogP contribution < -0.4 is 14.8 Å². The predicted molar refractivity (Wildman–Crippen MR) is 219 cm³/mol. The van der Waals surface area contributed by atoms with Gasteiger partial charge in [-0.15, -0.1) is 0 Å². The van der Waals surface area contributed by atoms with Crippen LogP contribution in [0, 0.1) is 12.3 Å². The van der Waals surface area contributed by atoms with Crippen molar-refractivity contribution in [2.24, 2.45) is 5.41 Å². The van der Waals surface area contributed by atoms with Gasteiger partial charge in [0, 0.05) is 57.2 Å². The molecule has 0 saturated carbocycles. The number of halogens is 3. The lowest BCUT2D eigenvalue weighted by atomic mass is 9.66. The summed E-state index contributed by atoms with van der Waals surface area (Å²) in [6.45, 7) is 11.6. The van der Waals surface area contributed by atoms with E-state index in [1.807, 2.05) is 49.4 Å². The highest BCUT2D eigenvalue weighted by atomic mass is 79.9. The number of aromatic nitrogens is 1. The Bertz CT molecular complexity index is 1910. The van der Waals surface area contributed by atoms with Gasteiger partial charge in [-0.2, -0.15) is 0 Å². The van der Waals surface area contributed by atoms with Gasteiger partial charge >= 0.3 is 6.09 Å². The Morgan fingerprint density at radius 1 is 1.05 bits per heavy atom. The highest BCUT2D eigenvalue weighted by molar-refractivity contribution is 9.10. The fourth-order valence-corrected chi connectivity index (χ4v) is 9.05. The standard InChI is InChI=1S/C42H50BrCl2N3O7/c1-25-22-33(44)39(34(45)23-25)54-21-20-53-29-15-13-27(14-16-29)31-17-18-48(41(50)51)40(42(3,4)5)35(31)37-36(43)38(55-47-37)32-12-8-7-11-30(32)28(10-9-19-52-6)24-46-26(2)49/h7-8,11-16,22-23,28,31,35,40H,9-10,17-21,24H2,1-6H3,(H,46,49)(H,50,51)/t28?,31-,35+,40?/m1/s1. The van der Waals surface area contributed by atoms with Gasteiger partial charge < -0.3 is 34.1 Å². The van der Waals surface area contributed by atoms with E-state index in [0.717, 1.165) is 35.1 Å². The van der Waals surface area contributed by atoms with Crippen molar-refractivity contribution < 1.29 is 33.4 Å². The largest absolute Gasteiger partial charge is 0.490 e. The molecule has 0 spiro atoms. The summed E-state index contributed by atoms with van der Waals surface area (Å²) >= 11 is 16.6. The van der Waals surface area contributed by atoms with E-state index in [4.69, 9.17) is 47.1 Å². The quantitative estimate of drug-likeness (QED) is 0.113. The molecule has 4 atom stereocenters. The number of methoxy groups -OCH3 is 1. The van der Waals surface area contributed by atoms with Crippen LogP contribution >= 0.6 is 39.1 Å². The topological polar surface area (TPSA) is 123 Å². The number of nitrogens with one attached hydrogen (secondary N) is 1. The smallest absolute Gasteiger partial charge is 0.407 e. The summed E-state index contributed by atoms with van der Waals surface area (Å²) in [5.74, 6) is 1.11. The molecule has 4 aromatic rings. The summed E-state index contributed by atoms with van der Waals surface area (Å²) in [4.78, 5) is 26.3. The zero-order valence-corrected chi connectivity index (χ0v) is 35.3. The van der Waals surface area contributed by atoms with E-state index in [9.17, 15) is 14.7 Å². The Labute approximate surface area is 341 Å². The van der Waals surface area contributed by atoms with Gasteiger partial charge in [-0.05, 0) is 94.4 Å². The van der Waals surface area contributed by atoms with Gasteiger partial charge in [0.2, 0.25) is 5.91 Å². The highest BCUT2D eigenvalue weighted by Crippen LogP contribution is 2.52. The monoisotopic (exact) mass is 857 g/mol. The maximum atomic E-state index is 12.8. The second-order valence-corrected chi connectivity index (χ2v) is 16.7. The summed E-state index contributed by atoms with van der Waals surface area (Å²) in [5, 5.41) is 19.1. The number of rotatable bonds is 15. The first-order valence-electron chi connectivity index (χ1n) is 18.5. The number of benzene rings is 3. The predicted octanol–water partition coefficient (Wildman–Crippen LogP) is 10.5. The molecule has 1 aromatic heterocycles. The molecule has 2 amide bonds. The van der Waals surface area contributed by atoms with E-state index in [1.165, 1.54) is 6.92 Å². The van der Waals surface area contributed by atoms with Crippen LogP contribution in [0.15, 0.2) is 69.7 Å². The minimum Gasteiger partial charge on any atom is -0.490 e. The van der Waals surface area contributed by atoms with E-state index in [1.54, 1.807) is 24.1 Å². The average Bonchev–Trinajstić information content (AvgIpc) is 3.51. The Balaban J connectivity index is 1.45. The Hall–Kier alpha value is -3.77. The van der Waals surface area contributed by atoms with Gasteiger partial charge in [0.15, 0.2) is 11.5 Å². The van der Waals surface area contributed by atoms with Crippen molar-refractivity contribution >= 4 is 51.1 Å². The second kappa shape index (κ2) is 18.9. The number of hydrogen-bond donors (Lipinski definition) is 2. The molecular weight excluding hydrogens is 809 g/mol. The number of amides is 2. The molecule has 13 heteroatoms. The van der Waals surface area contributed by atoms with Gasteiger partial charge in [0.05, 0.1) is 14.5 Å². The summed E-state index contributed by atoms with van der Waals surface area (Å²) in [6.07, 6.45) is 1.22. The molecule has 2 heterocycles. The first-order valence-corrected chi connectivity index (χ1v) is 20.0. The zero-order chi connectivity index (χ0) is 39.9. The molecule has 0 radical (unpaired) electrons. The van der Waals surface area contributed by atoms with Crippen LogP contribution in [0.3, 0.4) is 0 Å². The fourth-order valence-electron chi connectivity index (χ4n) is 7.72. The summed E-state index contributed by atoms with van der Waals surface area (Å²) < 4.78 is 24.1. The molecule has 3 aromatic carbocycles. The number of ether oxygens (including phenoxy) is 3. The van der Waals surface area contributed by atoms with Crippen LogP contribution in [0.2, 0.25) is 10.0 Å². The number of piperidine rings is 1. The molecule has 0 aliphatic carbocycles. The molecule has 2 unspecified atom stereocenters. The molecular formula is C42H50BrCl2N3O7. The average molecular weight is 860 g/mol. The number of hydrogen-bond acceptors (Lipinski definition) is 7. The molecule has 55 heavy (non-hydrogen) atoms. The van der Waals surface area contributed by atoms with Crippen LogP contribution in [0.25, 0.3) is 11.3 Å². The molecule has 1 aliphatic rings. The van der Waals surface area contributed by atoms with Crippen molar-refractivity contribution in [3.8, 4) is 22.8 Å². The minimum absolute atomic E-state index is 0.00606. The molecule has 10 nitrogen and oxygen atoms in total. The number of carboxylic acid groups (broad SMARTS) is 1. The summed E-state index contributed by atoms with van der Waals surface area (Å²) in [6, 6.07) is 19.1. The normalized spacial score (nSPS) is 17.8. The lowest BCUT2D eigenvalue weighted by Crippen LogP contribution is -2.55. The first kappa shape index (κ1) is 42.4. The maximum absolute atomic E-state index is 12.8. The van der Waals surface area contributed by atoms with E-state index < -0.39 is 17.6 Å². The van der Waals surface area contributed by atoms with Crippen molar-refractivity contribution in [2.75, 3.05) is 40.0 Å². The number of carbonyl (C=O) groups excluding carboxylic acids is 1. The molecule has 5 rings (SSSR count). The maximum Gasteiger partial charge on any atom is 0.407 e. The van der Waals surface area contributed by atoms with Crippen molar-refractivity contribution in [1.29, 1.82) is 0 Å². The summed E-state index contributed by atoms with van der Waals surface area (Å²) in [7, 11) is 1.68. The molecule has 1 fully saturated rings. The van der Waals surface area contributed by atoms with E-state index >= 15 is 0 Å². The lowest BCUT2D eigenvalue weighted by Gasteiger charge is -2.49. The van der Waals surface area contributed by atoms with Gasteiger partial charge in [-0.3, -0.25) is 4.79 Å². The molecule has 296 valence electrons. The van der Waals surface area contributed by atoms with Gasteiger partial charge in [-0.25, -0.2) is 4.79 Å². The molecule has 0 bridgehead atoms. The van der Waals surface area contributed by atoms with Crippen LogP contribution in [-0.2, 0) is 9.53 Å².